The van der Waals surface area contributed by atoms with Crippen molar-refractivity contribution in [1.82, 2.24) is 30.1 Å². The van der Waals surface area contributed by atoms with E-state index >= 15 is 8.78 Å². The van der Waals surface area contributed by atoms with Crippen molar-refractivity contribution in [3.05, 3.63) is 137 Å². The molecule has 0 saturated heterocycles. The number of rotatable bonds is 10. The summed E-state index contributed by atoms with van der Waals surface area (Å²) >= 11 is 0. The van der Waals surface area contributed by atoms with Crippen LogP contribution in [0.2, 0.25) is 0 Å². The van der Waals surface area contributed by atoms with Crippen molar-refractivity contribution in [2.75, 3.05) is 14.1 Å². The summed E-state index contributed by atoms with van der Waals surface area (Å²) in [7, 11) is 4.03. The zero-order valence-electron chi connectivity index (χ0n) is 24.3. The number of hydrogen-bond donors (Lipinski definition) is 1. The van der Waals surface area contributed by atoms with Crippen molar-refractivity contribution < 1.29 is 27.4 Å². The van der Waals surface area contributed by atoms with Crippen molar-refractivity contribution >= 4 is 0 Å². The first kappa shape index (κ1) is 31.3. The fraction of sp³-hybridized carbons (Fsp3) is 0.212. The van der Waals surface area contributed by atoms with Crippen molar-refractivity contribution in [3.8, 4) is 17.6 Å². The molecule has 5 aromatic rings. The maximum atomic E-state index is 15.9. The van der Waals surface area contributed by atoms with E-state index in [1.165, 1.54) is 11.6 Å². The Morgan fingerprint density at radius 1 is 0.911 bits per heavy atom. The molecule has 0 bridgehead atoms. The van der Waals surface area contributed by atoms with Gasteiger partial charge in [0.25, 0.3) is 0 Å². The number of halogens is 4. The van der Waals surface area contributed by atoms with Crippen LogP contribution in [0.5, 0.6) is 5.75 Å². The fourth-order valence-corrected chi connectivity index (χ4v) is 4.66. The Balaban J connectivity index is 1.29. The summed E-state index contributed by atoms with van der Waals surface area (Å²) in [5.41, 5.74) is -1.70. The van der Waals surface area contributed by atoms with E-state index < -0.39 is 41.0 Å². The number of aromatic nitrogens is 5. The van der Waals surface area contributed by atoms with E-state index in [4.69, 9.17) is 4.74 Å². The molecule has 0 saturated carbocycles. The maximum absolute atomic E-state index is 15.9. The van der Waals surface area contributed by atoms with E-state index in [2.05, 4.69) is 49.4 Å². The Kier molecular flexibility index (Phi) is 9.22. The number of benzene rings is 3. The zero-order valence-corrected chi connectivity index (χ0v) is 24.3. The van der Waals surface area contributed by atoms with Gasteiger partial charge in [-0.1, -0.05) is 36.1 Å². The number of alkyl halides is 2. The quantitative estimate of drug-likeness (QED) is 0.173. The highest BCUT2D eigenvalue weighted by Crippen LogP contribution is 2.46. The highest BCUT2D eigenvalue weighted by Gasteiger charge is 2.58. The topological polar surface area (TPSA) is 89.2 Å². The first-order chi connectivity index (χ1) is 21.5. The van der Waals surface area contributed by atoms with Crippen molar-refractivity contribution in [2.45, 2.75) is 31.2 Å². The number of nitrogens with zero attached hydrogens (tertiary/aromatic N) is 6. The lowest BCUT2D eigenvalue weighted by molar-refractivity contribution is -0.207. The third kappa shape index (κ3) is 7.34. The van der Waals surface area contributed by atoms with Gasteiger partial charge in [0, 0.05) is 35.5 Å². The number of ether oxygens (including phenoxy) is 1. The second kappa shape index (κ2) is 13.3. The Morgan fingerprint density at radius 2 is 1.64 bits per heavy atom. The van der Waals surface area contributed by atoms with E-state index in [9.17, 15) is 13.9 Å². The molecule has 12 heteroatoms. The summed E-state index contributed by atoms with van der Waals surface area (Å²) in [5, 5.41) is 21.5. The molecular weight excluding hydrogens is 588 g/mol. The minimum Gasteiger partial charge on any atom is -0.489 e. The SMILES string of the molecule is CN(C)Cc1cccc(COc2ccc(C#Cc3ccc(C(F)(F)C(O)(Cn4cnnn4)c4ccc(F)cc4F)nc3)cc2)c1. The Bertz CT molecular complexity index is 1800. The third-order valence-corrected chi connectivity index (χ3v) is 6.86. The Labute approximate surface area is 256 Å². The van der Waals surface area contributed by atoms with Gasteiger partial charge in [-0.2, -0.15) is 8.78 Å². The first-order valence-electron chi connectivity index (χ1n) is 13.7. The lowest BCUT2D eigenvalue weighted by atomic mass is 9.84. The van der Waals surface area contributed by atoms with Crippen LogP contribution in [0.3, 0.4) is 0 Å². The zero-order chi connectivity index (χ0) is 32.0. The molecule has 1 atom stereocenters. The van der Waals surface area contributed by atoms with E-state index in [0.29, 0.717) is 29.5 Å². The van der Waals surface area contributed by atoms with Gasteiger partial charge >= 0.3 is 5.92 Å². The van der Waals surface area contributed by atoms with E-state index in [1.54, 1.807) is 24.3 Å². The molecule has 2 heterocycles. The molecule has 0 aliphatic heterocycles. The molecule has 1 unspecified atom stereocenters. The maximum Gasteiger partial charge on any atom is 0.323 e. The van der Waals surface area contributed by atoms with Crippen LogP contribution in [0.4, 0.5) is 17.6 Å². The van der Waals surface area contributed by atoms with Crippen LogP contribution in [-0.2, 0) is 31.2 Å². The minimum absolute atomic E-state index is 0.324. The molecule has 1 N–H and O–H groups in total. The molecule has 0 radical (unpaired) electrons. The highest BCUT2D eigenvalue weighted by atomic mass is 19.3. The van der Waals surface area contributed by atoms with Crippen molar-refractivity contribution in [2.24, 2.45) is 0 Å². The molecule has 0 aliphatic carbocycles. The molecule has 0 amide bonds. The van der Waals surface area contributed by atoms with Crippen molar-refractivity contribution in [3.63, 3.8) is 0 Å². The summed E-state index contributed by atoms with van der Waals surface area (Å²) in [6.45, 7) is 0.303. The summed E-state index contributed by atoms with van der Waals surface area (Å²) in [6, 6.07) is 19.5. The number of hydrogen-bond acceptors (Lipinski definition) is 7. The summed E-state index contributed by atoms with van der Waals surface area (Å²) in [5.74, 6) is -0.0382. The van der Waals surface area contributed by atoms with Gasteiger partial charge < -0.3 is 14.7 Å². The van der Waals surface area contributed by atoms with Crippen LogP contribution in [0.15, 0.2) is 91.4 Å². The van der Waals surface area contributed by atoms with E-state index in [1.807, 2.05) is 26.2 Å². The third-order valence-electron chi connectivity index (χ3n) is 6.86. The summed E-state index contributed by atoms with van der Waals surface area (Å²) in [6.07, 6.45) is 2.11. The van der Waals surface area contributed by atoms with Crippen LogP contribution in [0, 0.1) is 23.5 Å². The number of aliphatic hydroxyl groups is 1. The van der Waals surface area contributed by atoms with Gasteiger partial charge in [-0.15, -0.1) is 5.10 Å². The molecular formula is C33H28F4N6O2. The van der Waals surface area contributed by atoms with Gasteiger partial charge in [-0.05, 0) is 84.2 Å². The molecule has 8 nitrogen and oxygen atoms in total. The standard InChI is InChI=1S/C33H28F4N6O2/c1-42(2)19-25-4-3-5-26(16-25)20-45-28-12-8-23(9-13-28)6-7-24-10-15-31(38-18-24)33(36,37)32(44,21-43-22-39-40-41-43)29-14-11-27(34)17-30(29)35/h3-5,8-18,22,44H,19-21H2,1-2H3. The van der Waals surface area contributed by atoms with Crippen LogP contribution >= 0.6 is 0 Å². The second-order valence-corrected chi connectivity index (χ2v) is 10.6. The van der Waals surface area contributed by atoms with E-state index in [0.717, 1.165) is 47.5 Å². The molecule has 0 aliphatic rings. The fourth-order valence-electron chi connectivity index (χ4n) is 4.66. The summed E-state index contributed by atoms with van der Waals surface area (Å²) in [4.78, 5) is 5.92. The lowest BCUT2D eigenvalue weighted by Gasteiger charge is -2.35. The predicted octanol–water partition coefficient (Wildman–Crippen LogP) is 5.07. The normalized spacial score (nSPS) is 12.8. The summed E-state index contributed by atoms with van der Waals surface area (Å²) < 4.78 is 66.8. The number of pyridine rings is 1. The average Bonchev–Trinajstić information content (AvgIpc) is 3.52. The van der Waals surface area contributed by atoms with Gasteiger partial charge in [0.05, 0.1) is 6.54 Å². The lowest BCUT2D eigenvalue weighted by Crippen LogP contribution is -2.48. The van der Waals surface area contributed by atoms with Crippen molar-refractivity contribution in [1.29, 1.82) is 0 Å². The monoisotopic (exact) mass is 616 g/mol. The Hall–Kier alpha value is -5.12. The van der Waals surface area contributed by atoms with Gasteiger partial charge in [-0.25, -0.2) is 13.5 Å². The van der Waals surface area contributed by atoms with Crippen LogP contribution in [0.1, 0.15) is 33.5 Å². The smallest absolute Gasteiger partial charge is 0.323 e. The minimum atomic E-state index is -4.16. The second-order valence-electron chi connectivity index (χ2n) is 10.6. The van der Waals surface area contributed by atoms with Gasteiger partial charge in [0.2, 0.25) is 0 Å². The van der Waals surface area contributed by atoms with Gasteiger partial charge in [0.1, 0.15) is 36.0 Å². The molecule has 0 fully saturated rings. The molecule has 0 spiro atoms. The van der Waals surface area contributed by atoms with Crippen LogP contribution in [0.25, 0.3) is 0 Å². The Morgan fingerprint density at radius 3 is 2.31 bits per heavy atom. The molecule has 3 aromatic carbocycles. The van der Waals surface area contributed by atoms with E-state index in [-0.39, 0.29) is 0 Å². The van der Waals surface area contributed by atoms with Crippen LogP contribution < -0.4 is 4.74 Å². The average molecular weight is 617 g/mol. The number of tetrazole rings is 1. The molecule has 45 heavy (non-hydrogen) atoms. The molecule has 230 valence electrons. The first-order valence-corrected chi connectivity index (χ1v) is 13.7. The van der Waals surface area contributed by atoms with Gasteiger partial charge in [-0.3, -0.25) is 4.98 Å². The predicted molar refractivity (Wildman–Crippen MR) is 157 cm³/mol. The molecule has 2 aromatic heterocycles. The molecule has 5 rings (SSSR count). The highest BCUT2D eigenvalue weighted by molar-refractivity contribution is 5.44. The largest absolute Gasteiger partial charge is 0.489 e. The van der Waals surface area contributed by atoms with Crippen LogP contribution in [-0.4, -0.2) is 49.3 Å². The van der Waals surface area contributed by atoms with Gasteiger partial charge in [0.15, 0.2) is 5.60 Å².